The zero-order valence-electron chi connectivity index (χ0n) is 9.51. The third-order valence-corrected chi connectivity index (χ3v) is 3.13. The molecule has 0 aliphatic heterocycles. The Bertz CT molecular complexity index is 623. The quantitative estimate of drug-likeness (QED) is 0.732. The molecule has 1 nitrogen and oxygen atoms in total. The maximum absolute atomic E-state index is 13.3. The minimum atomic E-state index is -0.428. The molecule has 2 aromatic carbocycles. The molecule has 2 rings (SSSR count). The number of halogens is 3. The van der Waals surface area contributed by atoms with Gasteiger partial charge in [0, 0.05) is 16.1 Å². The molecular weight excluding hydrogens is 274 g/mol. The van der Waals surface area contributed by atoms with Crippen LogP contribution in [0.1, 0.15) is 21.5 Å². The second-order valence-electron chi connectivity index (χ2n) is 3.92. The van der Waals surface area contributed by atoms with Crippen molar-refractivity contribution in [3.05, 3.63) is 69.0 Å². The monoisotopic (exact) mass is 282 g/mol. The summed E-state index contributed by atoms with van der Waals surface area (Å²) in [7, 11) is 0. The molecule has 0 unspecified atom stereocenters. The van der Waals surface area contributed by atoms with Crippen molar-refractivity contribution >= 4 is 29.0 Å². The molecule has 0 radical (unpaired) electrons. The molecule has 0 amide bonds. The Morgan fingerprint density at radius 2 is 1.89 bits per heavy atom. The number of benzene rings is 2. The molecule has 0 bridgehead atoms. The molecule has 0 aliphatic carbocycles. The average molecular weight is 283 g/mol. The summed E-state index contributed by atoms with van der Waals surface area (Å²) in [5.41, 5.74) is 1.08. The van der Waals surface area contributed by atoms with E-state index >= 15 is 0 Å². The van der Waals surface area contributed by atoms with E-state index in [1.165, 1.54) is 6.07 Å². The zero-order chi connectivity index (χ0) is 13.3. The highest BCUT2D eigenvalue weighted by molar-refractivity contribution is 6.35. The van der Waals surface area contributed by atoms with Gasteiger partial charge in [-0.2, -0.15) is 0 Å². The van der Waals surface area contributed by atoms with Gasteiger partial charge in [0.05, 0.1) is 5.02 Å². The summed E-state index contributed by atoms with van der Waals surface area (Å²) >= 11 is 11.7. The Labute approximate surface area is 114 Å². The largest absolute Gasteiger partial charge is 0.289 e. The van der Waals surface area contributed by atoms with Crippen LogP contribution >= 0.6 is 23.2 Å². The lowest BCUT2D eigenvalue weighted by molar-refractivity contribution is 0.103. The highest BCUT2D eigenvalue weighted by atomic mass is 35.5. The van der Waals surface area contributed by atoms with E-state index in [1.807, 2.05) is 0 Å². The topological polar surface area (TPSA) is 17.1 Å². The first-order valence-corrected chi connectivity index (χ1v) is 6.00. The molecule has 0 atom stereocenters. The van der Waals surface area contributed by atoms with Crippen molar-refractivity contribution in [3.8, 4) is 0 Å². The summed E-state index contributed by atoms with van der Waals surface area (Å²) in [5, 5.41) is 0.568. The fourth-order valence-corrected chi connectivity index (χ4v) is 2.04. The predicted molar refractivity (Wildman–Crippen MR) is 71.0 cm³/mol. The maximum Gasteiger partial charge on any atom is 0.194 e. The molecule has 0 aromatic heterocycles. The van der Waals surface area contributed by atoms with Crippen molar-refractivity contribution < 1.29 is 9.18 Å². The predicted octanol–water partition coefficient (Wildman–Crippen LogP) is 4.67. The van der Waals surface area contributed by atoms with Crippen LogP contribution in [-0.4, -0.2) is 5.78 Å². The third-order valence-electron chi connectivity index (χ3n) is 2.58. The molecule has 0 N–H and O–H groups in total. The maximum atomic E-state index is 13.3. The lowest BCUT2D eigenvalue weighted by atomic mass is 10.0. The van der Waals surface area contributed by atoms with Gasteiger partial charge in [-0.25, -0.2) is 4.39 Å². The van der Waals surface area contributed by atoms with Crippen LogP contribution in [0.3, 0.4) is 0 Å². The number of ketones is 1. The van der Waals surface area contributed by atoms with E-state index in [9.17, 15) is 9.18 Å². The number of rotatable bonds is 2. The molecule has 92 valence electrons. The molecule has 0 aliphatic rings. The van der Waals surface area contributed by atoms with Gasteiger partial charge in [-0.15, -0.1) is 0 Å². The van der Waals surface area contributed by atoms with Crippen molar-refractivity contribution in [3.63, 3.8) is 0 Å². The van der Waals surface area contributed by atoms with E-state index in [0.717, 1.165) is 6.07 Å². The SMILES string of the molecule is Cc1cc(C(=O)c2cccc(Cl)c2)c(Cl)cc1F. The van der Waals surface area contributed by atoms with Gasteiger partial charge in [0.1, 0.15) is 5.82 Å². The minimum absolute atomic E-state index is 0.100. The summed E-state index contributed by atoms with van der Waals surface area (Å²) in [4.78, 5) is 12.2. The summed E-state index contributed by atoms with van der Waals surface area (Å²) in [6, 6.07) is 9.15. The molecular formula is C14H9Cl2FO. The van der Waals surface area contributed by atoms with Crippen LogP contribution in [0.2, 0.25) is 10.0 Å². The first kappa shape index (κ1) is 13.1. The first-order chi connectivity index (χ1) is 8.49. The van der Waals surface area contributed by atoms with E-state index in [1.54, 1.807) is 31.2 Å². The Balaban J connectivity index is 2.49. The van der Waals surface area contributed by atoms with E-state index in [-0.39, 0.29) is 16.4 Å². The third kappa shape index (κ3) is 2.55. The second kappa shape index (κ2) is 5.09. The van der Waals surface area contributed by atoms with Gasteiger partial charge in [0.2, 0.25) is 0 Å². The standard InChI is InChI=1S/C14H9Cl2FO/c1-8-5-11(12(16)7-13(8)17)14(18)9-3-2-4-10(15)6-9/h2-7H,1H3. The Kier molecular flexibility index (Phi) is 3.69. The van der Waals surface area contributed by atoms with E-state index in [0.29, 0.717) is 16.1 Å². The normalized spacial score (nSPS) is 10.4. The second-order valence-corrected chi connectivity index (χ2v) is 4.76. The van der Waals surface area contributed by atoms with Crippen LogP contribution in [0.15, 0.2) is 36.4 Å². The summed E-state index contributed by atoms with van der Waals surface area (Å²) < 4.78 is 13.3. The number of aryl methyl sites for hydroxylation is 1. The molecule has 4 heteroatoms. The van der Waals surface area contributed by atoms with Gasteiger partial charge in [-0.1, -0.05) is 35.3 Å². The highest BCUT2D eigenvalue weighted by Gasteiger charge is 2.15. The van der Waals surface area contributed by atoms with Crippen LogP contribution in [0, 0.1) is 12.7 Å². The molecule has 0 spiro atoms. The zero-order valence-corrected chi connectivity index (χ0v) is 11.0. The summed E-state index contributed by atoms with van der Waals surface area (Å²) in [5.74, 6) is -0.701. The van der Waals surface area contributed by atoms with Gasteiger partial charge in [0.15, 0.2) is 5.78 Å². The number of carbonyl (C=O) groups excluding carboxylic acids is 1. The van der Waals surface area contributed by atoms with Crippen LogP contribution < -0.4 is 0 Å². The molecule has 2 aromatic rings. The van der Waals surface area contributed by atoms with E-state index in [2.05, 4.69) is 0 Å². The lowest BCUT2D eigenvalue weighted by Crippen LogP contribution is -2.03. The minimum Gasteiger partial charge on any atom is -0.289 e. The van der Waals surface area contributed by atoms with E-state index < -0.39 is 5.82 Å². The Morgan fingerprint density at radius 3 is 2.56 bits per heavy atom. The molecule has 0 fully saturated rings. The summed E-state index contributed by atoms with van der Waals surface area (Å²) in [6.45, 7) is 1.58. The van der Waals surface area contributed by atoms with Crippen LogP contribution in [0.5, 0.6) is 0 Å². The number of hydrogen-bond donors (Lipinski definition) is 0. The van der Waals surface area contributed by atoms with Crippen LogP contribution in [-0.2, 0) is 0 Å². The van der Waals surface area contributed by atoms with E-state index in [4.69, 9.17) is 23.2 Å². The van der Waals surface area contributed by atoms with Crippen molar-refractivity contribution in [2.45, 2.75) is 6.92 Å². The molecule has 0 heterocycles. The molecule has 0 saturated heterocycles. The van der Waals surface area contributed by atoms with Crippen molar-refractivity contribution in [1.82, 2.24) is 0 Å². The Morgan fingerprint density at radius 1 is 1.17 bits per heavy atom. The summed E-state index contributed by atoms with van der Waals surface area (Å²) in [6.07, 6.45) is 0. The van der Waals surface area contributed by atoms with Gasteiger partial charge in [-0.05, 0) is 36.8 Å². The number of hydrogen-bond acceptors (Lipinski definition) is 1. The van der Waals surface area contributed by atoms with Gasteiger partial charge >= 0.3 is 0 Å². The highest BCUT2D eigenvalue weighted by Crippen LogP contribution is 2.24. The first-order valence-electron chi connectivity index (χ1n) is 5.25. The number of carbonyl (C=O) groups is 1. The van der Waals surface area contributed by atoms with Gasteiger partial charge < -0.3 is 0 Å². The van der Waals surface area contributed by atoms with Crippen LogP contribution in [0.4, 0.5) is 4.39 Å². The van der Waals surface area contributed by atoms with Crippen LogP contribution in [0.25, 0.3) is 0 Å². The fourth-order valence-electron chi connectivity index (χ4n) is 1.62. The van der Waals surface area contributed by atoms with Gasteiger partial charge in [-0.3, -0.25) is 4.79 Å². The molecule has 0 saturated carbocycles. The van der Waals surface area contributed by atoms with Gasteiger partial charge in [0.25, 0.3) is 0 Å². The lowest BCUT2D eigenvalue weighted by Gasteiger charge is -2.06. The molecule has 18 heavy (non-hydrogen) atoms. The van der Waals surface area contributed by atoms with Crippen molar-refractivity contribution in [2.24, 2.45) is 0 Å². The fraction of sp³-hybridized carbons (Fsp3) is 0.0714. The Hall–Kier alpha value is -1.38. The average Bonchev–Trinajstić information content (AvgIpc) is 2.33. The van der Waals surface area contributed by atoms with Crippen molar-refractivity contribution in [1.29, 1.82) is 0 Å². The smallest absolute Gasteiger partial charge is 0.194 e. The van der Waals surface area contributed by atoms with Crippen molar-refractivity contribution in [2.75, 3.05) is 0 Å².